The number of anilines is 2. The predicted octanol–water partition coefficient (Wildman–Crippen LogP) is 2.95. The Hall–Kier alpha value is -3.27. The number of urea groups is 1. The Morgan fingerprint density at radius 1 is 1.29 bits per heavy atom. The molecule has 2 aromatic heterocycles. The van der Waals surface area contributed by atoms with E-state index in [4.69, 9.17) is 5.48 Å². The van der Waals surface area contributed by atoms with Gasteiger partial charge >= 0.3 is 6.03 Å². The van der Waals surface area contributed by atoms with Crippen LogP contribution in [0.15, 0.2) is 36.7 Å². The monoisotopic (exact) mass is 432 g/mol. The van der Waals surface area contributed by atoms with Crippen LogP contribution in [0.2, 0.25) is 0 Å². The van der Waals surface area contributed by atoms with Crippen molar-refractivity contribution in [1.82, 2.24) is 19.5 Å². The molecule has 3 aromatic rings. The molecule has 1 aromatic carbocycles. The number of nitrogens with one attached hydrogen (secondary N) is 1. The fraction of sp³-hybridized carbons (Fsp3) is 0.381. The second-order valence-electron chi connectivity index (χ2n) is 7.40. The van der Waals surface area contributed by atoms with E-state index in [0.717, 1.165) is 18.6 Å². The topological polar surface area (TPSA) is 86.0 Å². The zero-order valence-corrected chi connectivity index (χ0v) is 16.3. The normalized spacial score (nSPS) is 26.4. The van der Waals surface area contributed by atoms with Crippen LogP contribution >= 0.6 is 0 Å². The lowest BCUT2D eigenvalue weighted by molar-refractivity contribution is 0.176. The molecule has 2 aliphatic heterocycles. The molecule has 8 nitrogen and oxygen atoms in total. The summed E-state index contributed by atoms with van der Waals surface area (Å²) in [5.41, 5.74) is 0.517. The van der Waals surface area contributed by atoms with Gasteiger partial charge in [-0.25, -0.2) is 23.1 Å². The summed E-state index contributed by atoms with van der Waals surface area (Å²) in [7, 11) is 0. The van der Waals surface area contributed by atoms with E-state index in [1.807, 2.05) is 4.90 Å². The van der Waals surface area contributed by atoms with Crippen LogP contribution in [0.1, 0.15) is 36.4 Å². The van der Waals surface area contributed by atoms with Crippen molar-refractivity contribution < 1.29 is 24.2 Å². The summed E-state index contributed by atoms with van der Waals surface area (Å²) < 4.78 is 61.5. The number of amides is 2. The molecular formula is C21H22F2N6O2. The van der Waals surface area contributed by atoms with Crippen LogP contribution in [0.4, 0.5) is 25.1 Å². The molecule has 5 rings (SSSR count). The first-order valence-corrected chi connectivity index (χ1v) is 9.84. The third-order valence-corrected chi connectivity index (χ3v) is 5.38. The minimum atomic E-state index is -2.62. The van der Waals surface area contributed by atoms with Crippen molar-refractivity contribution in [2.45, 2.75) is 31.4 Å². The lowest BCUT2D eigenvalue weighted by atomic mass is 10.0. The number of fused-ring (bicyclic) bond motifs is 1. The molecule has 0 aliphatic carbocycles. The third-order valence-electron chi connectivity index (χ3n) is 5.38. The van der Waals surface area contributed by atoms with Crippen LogP contribution in [0.25, 0.3) is 5.65 Å². The van der Waals surface area contributed by atoms with Crippen molar-refractivity contribution in [3.63, 3.8) is 0 Å². The molecule has 2 saturated heterocycles. The Kier molecular flexibility index (Phi) is 3.89. The van der Waals surface area contributed by atoms with Gasteiger partial charge in [-0.15, -0.1) is 0 Å². The molecule has 2 N–H and O–H groups in total. The number of nitrogens with zero attached hydrogens (tertiary/aromatic N) is 5. The Balaban J connectivity index is 1.46. The van der Waals surface area contributed by atoms with Gasteiger partial charge in [0.15, 0.2) is 5.65 Å². The summed E-state index contributed by atoms with van der Waals surface area (Å²) in [5, 5.41) is 16.5. The predicted molar refractivity (Wildman–Crippen MR) is 110 cm³/mol. The van der Waals surface area contributed by atoms with E-state index in [2.05, 4.69) is 15.4 Å². The third kappa shape index (κ3) is 3.67. The number of β-amino-alcohol motifs (C(OH)–C–C–N with tert-alkyl or cyclic N) is 1. The molecule has 2 aliphatic rings. The van der Waals surface area contributed by atoms with Gasteiger partial charge in [-0.1, -0.05) is 0 Å². The highest BCUT2D eigenvalue weighted by Gasteiger charge is 2.30. The van der Waals surface area contributed by atoms with Gasteiger partial charge in [-0.2, -0.15) is 5.10 Å². The number of rotatable bonds is 3. The number of likely N-dealkylation sites (tertiary alicyclic amines) is 1. The quantitative estimate of drug-likeness (QED) is 0.665. The number of halogens is 2. The maximum absolute atomic E-state index is 14.5. The van der Waals surface area contributed by atoms with Crippen molar-refractivity contribution in [1.29, 1.82) is 0 Å². The smallest absolute Gasteiger partial charge is 0.322 e. The lowest BCUT2D eigenvalue weighted by Crippen LogP contribution is -2.33. The molecule has 0 bridgehead atoms. The number of hydrogen-bond acceptors (Lipinski definition) is 5. The average molecular weight is 432 g/mol. The van der Waals surface area contributed by atoms with Gasteiger partial charge < -0.3 is 20.2 Å². The Labute approximate surface area is 182 Å². The van der Waals surface area contributed by atoms with Gasteiger partial charge in [0.25, 0.3) is 0 Å². The molecule has 0 saturated carbocycles. The highest BCUT2D eigenvalue weighted by atomic mass is 19.1. The number of hydrogen-bond donors (Lipinski definition) is 2. The van der Waals surface area contributed by atoms with Gasteiger partial charge in [0.1, 0.15) is 23.1 Å². The van der Waals surface area contributed by atoms with Gasteiger partial charge in [0.2, 0.25) is 0 Å². The van der Waals surface area contributed by atoms with Gasteiger partial charge in [-0.3, -0.25) is 0 Å². The van der Waals surface area contributed by atoms with Crippen LogP contribution in [0.3, 0.4) is 0 Å². The summed E-state index contributed by atoms with van der Waals surface area (Å²) in [6, 6.07) is 3.46. The minimum absolute atomic E-state index is 0.0949. The number of aliphatic hydroxyl groups excluding tert-OH is 1. The van der Waals surface area contributed by atoms with Crippen molar-refractivity contribution >= 4 is 23.2 Å². The second kappa shape index (κ2) is 7.77. The standard InChI is InChI=1S/C21H22F2N6O2/c22-13-3-4-16(23)15(10-13)18-2-1-7-28(18)19-6-9-29-20(26-19)17(11-24-29)25-21(31)27-8-5-14(30)12-27/h3-4,6,9-11,14,18,30H,1-2,5,7-8,12H2,(H,25,31)/i8D2,12D2. The number of aromatic nitrogens is 3. The lowest BCUT2D eigenvalue weighted by Gasteiger charge is -2.26. The van der Waals surface area contributed by atoms with E-state index in [0.29, 0.717) is 23.7 Å². The number of carbonyl (C=O) groups excluding carboxylic acids is 1. The zero-order valence-electron chi connectivity index (χ0n) is 20.3. The van der Waals surface area contributed by atoms with E-state index in [1.54, 1.807) is 12.3 Å². The van der Waals surface area contributed by atoms with Crippen LogP contribution in [0, 0.1) is 11.6 Å². The Bertz CT molecular complexity index is 1310. The molecule has 10 heteroatoms. The average Bonchev–Trinajstić information content (AvgIpc) is 3.45. The van der Waals surface area contributed by atoms with Crippen molar-refractivity contribution in [2.24, 2.45) is 0 Å². The molecule has 162 valence electrons. The van der Waals surface area contributed by atoms with Crippen LogP contribution < -0.4 is 10.2 Å². The SMILES string of the molecule is [2H]C1([2H])CC(O)C([2H])([2H])N1C(=O)Nc1cnn2ccc(N3CCCC3c3cc(F)ccc3F)nc12. The largest absolute Gasteiger partial charge is 0.391 e. The van der Waals surface area contributed by atoms with E-state index in [9.17, 15) is 18.7 Å². The molecule has 0 spiro atoms. The van der Waals surface area contributed by atoms with Crippen molar-refractivity contribution in [3.8, 4) is 0 Å². The first-order valence-electron chi connectivity index (χ1n) is 11.8. The fourth-order valence-electron chi connectivity index (χ4n) is 3.96. The molecule has 31 heavy (non-hydrogen) atoms. The molecule has 0 radical (unpaired) electrons. The van der Waals surface area contributed by atoms with E-state index >= 15 is 0 Å². The Morgan fingerprint density at radius 2 is 2.16 bits per heavy atom. The zero-order chi connectivity index (χ0) is 25.1. The highest BCUT2D eigenvalue weighted by molar-refractivity contribution is 5.93. The van der Waals surface area contributed by atoms with Crippen molar-refractivity contribution in [2.75, 3.05) is 29.8 Å². The van der Waals surface area contributed by atoms with Gasteiger partial charge in [0, 0.05) is 34.0 Å². The van der Waals surface area contributed by atoms with Crippen molar-refractivity contribution in [3.05, 3.63) is 53.9 Å². The maximum Gasteiger partial charge on any atom is 0.322 e. The summed E-state index contributed by atoms with van der Waals surface area (Å²) in [5.74, 6) is -0.607. The van der Waals surface area contributed by atoms with Crippen LogP contribution in [-0.2, 0) is 0 Å². The molecule has 2 amide bonds. The van der Waals surface area contributed by atoms with Gasteiger partial charge in [0.05, 0.1) is 21.1 Å². The number of carbonyl (C=O) groups is 1. The minimum Gasteiger partial charge on any atom is -0.391 e. The first-order chi connectivity index (χ1) is 16.5. The maximum atomic E-state index is 14.5. The highest BCUT2D eigenvalue weighted by Crippen LogP contribution is 2.37. The summed E-state index contributed by atoms with van der Waals surface area (Å²) in [6.45, 7) is -4.48. The summed E-state index contributed by atoms with van der Waals surface area (Å²) in [6.07, 6.45) is 1.94. The Morgan fingerprint density at radius 3 is 2.97 bits per heavy atom. The molecule has 2 fully saturated rings. The fourth-order valence-corrected chi connectivity index (χ4v) is 3.96. The van der Waals surface area contributed by atoms with E-state index < -0.39 is 49.2 Å². The van der Waals surface area contributed by atoms with Crippen LogP contribution in [-0.4, -0.2) is 56.3 Å². The van der Waals surface area contributed by atoms with Gasteiger partial charge in [-0.05, 0) is 43.5 Å². The van der Waals surface area contributed by atoms with Crippen LogP contribution in [0.5, 0.6) is 0 Å². The summed E-state index contributed by atoms with van der Waals surface area (Å²) in [4.78, 5) is 19.6. The molecular weight excluding hydrogens is 406 g/mol. The number of aliphatic hydroxyl groups is 1. The second-order valence-corrected chi connectivity index (χ2v) is 7.40. The molecule has 4 heterocycles. The number of benzene rings is 1. The van der Waals surface area contributed by atoms with E-state index in [-0.39, 0.29) is 16.9 Å². The first kappa shape index (κ1) is 15.5. The molecule has 2 unspecified atom stereocenters. The van der Waals surface area contributed by atoms with E-state index in [1.165, 1.54) is 16.8 Å². The molecule has 2 atom stereocenters. The summed E-state index contributed by atoms with van der Waals surface area (Å²) >= 11 is 0.